The van der Waals surface area contributed by atoms with Crippen molar-refractivity contribution in [1.82, 2.24) is 15.2 Å². The van der Waals surface area contributed by atoms with Crippen LogP contribution in [0.15, 0.2) is 36.5 Å². The number of carbonyl (C=O) groups is 2. The topological polar surface area (TPSA) is 104 Å². The van der Waals surface area contributed by atoms with Crippen molar-refractivity contribution < 1.29 is 19.4 Å². The van der Waals surface area contributed by atoms with Gasteiger partial charge in [-0.2, -0.15) is 0 Å². The van der Waals surface area contributed by atoms with Crippen molar-refractivity contribution in [2.24, 2.45) is 0 Å². The summed E-state index contributed by atoms with van der Waals surface area (Å²) in [7, 11) is 0. The highest BCUT2D eigenvalue weighted by Gasteiger charge is 2.33. The Hall–Kier alpha value is -3.29. The number of nitrogens with one attached hydrogen (secondary N) is 2. The summed E-state index contributed by atoms with van der Waals surface area (Å²) in [6.45, 7) is 6.31. The van der Waals surface area contributed by atoms with Gasteiger partial charge in [-0.05, 0) is 81.8 Å². The largest absolute Gasteiger partial charge is 0.508 e. The number of aromatic hydroxyl groups is 1. The zero-order chi connectivity index (χ0) is 25.7. The van der Waals surface area contributed by atoms with Gasteiger partial charge >= 0.3 is 6.09 Å². The first-order valence-corrected chi connectivity index (χ1v) is 13.0. The number of phenolic OH excluding ortho intramolecular Hbond substituents is 1. The summed E-state index contributed by atoms with van der Waals surface area (Å²) >= 11 is 0. The number of fused-ring (bicyclic) bond motifs is 1. The number of benzene rings is 1. The van der Waals surface area contributed by atoms with Crippen molar-refractivity contribution in [3.8, 4) is 5.75 Å². The first-order valence-electron chi connectivity index (χ1n) is 13.0. The number of pyridine rings is 1. The molecule has 0 spiro atoms. The molecule has 1 fully saturated rings. The molecule has 1 atom stereocenters. The van der Waals surface area contributed by atoms with Crippen LogP contribution in [-0.2, 0) is 17.7 Å². The molecule has 2 heterocycles. The fourth-order valence-electron chi connectivity index (χ4n) is 4.99. The number of phenols is 1. The van der Waals surface area contributed by atoms with Crippen LogP contribution in [0.2, 0.25) is 0 Å². The smallest absolute Gasteiger partial charge is 0.410 e. The average molecular weight is 495 g/mol. The summed E-state index contributed by atoms with van der Waals surface area (Å²) in [6.07, 6.45) is 8.51. The molecular formula is C28H38N4O4. The lowest BCUT2D eigenvalue weighted by Gasteiger charge is -2.38. The summed E-state index contributed by atoms with van der Waals surface area (Å²) in [4.78, 5) is 31.9. The van der Waals surface area contributed by atoms with E-state index in [1.807, 2.05) is 26.8 Å². The Morgan fingerprint density at radius 3 is 2.64 bits per heavy atom. The predicted molar refractivity (Wildman–Crippen MR) is 139 cm³/mol. The minimum absolute atomic E-state index is 0.127. The number of anilines is 1. The van der Waals surface area contributed by atoms with Gasteiger partial charge in [-0.3, -0.25) is 4.79 Å². The molecule has 2 amide bonds. The van der Waals surface area contributed by atoms with Crippen LogP contribution in [-0.4, -0.2) is 51.2 Å². The lowest BCUT2D eigenvalue weighted by atomic mass is 9.92. The van der Waals surface area contributed by atoms with Gasteiger partial charge in [0.1, 0.15) is 17.2 Å². The highest BCUT2D eigenvalue weighted by Crippen LogP contribution is 2.29. The van der Waals surface area contributed by atoms with Crippen molar-refractivity contribution in [2.75, 3.05) is 11.9 Å². The molecule has 1 aromatic heterocycles. The van der Waals surface area contributed by atoms with Crippen LogP contribution in [0.25, 0.3) is 0 Å². The molecule has 0 saturated heterocycles. The van der Waals surface area contributed by atoms with Crippen molar-refractivity contribution in [3.63, 3.8) is 0 Å². The van der Waals surface area contributed by atoms with Gasteiger partial charge in [0.2, 0.25) is 0 Å². The SMILES string of the molecule is CC(C)(C)OC(=O)N1Cc2cc(O)ccc2C[C@H]1CCNC(=O)c1ccnc(NC2CCCCC2)c1. The number of hydrogen-bond donors (Lipinski definition) is 3. The lowest BCUT2D eigenvalue weighted by Crippen LogP contribution is -2.47. The minimum Gasteiger partial charge on any atom is -0.508 e. The molecule has 0 radical (unpaired) electrons. The van der Waals surface area contributed by atoms with Crippen molar-refractivity contribution >= 4 is 17.8 Å². The molecular weight excluding hydrogens is 456 g/mol. The second-order valence-electron chi connectivity index (χ2n) is 10.9. The maximum Gasteiger partial charge on any atom is 0.410 e. The number of ether oxygens (including phenoxy) is 1. The van der Waals surface area contributed by atoms with Crippen molar-refractivity contribution in [2.45, 2.75) is 89.9 Å². The van der Waals surface area contributed by atoms with Crippen LogP contribution in [0.3, 0.4) is 0 Å². The summed E-state index contributed by atoms with van der Waals surface area (Å²) in [5.41, 5.74) is 1.96. The Labute approximate surface area is 213 Å². The minimum atomic E-state index is -0.611. The molecule has 1 saturated carbocycles. The Kier molecular flexibility index (Phi) is 8.01. The number of carbonyl (C=O) groups excluding carboxylic acids is 2. The quantitative estimate of drug-likeness (QED) is 0.521. The van der Waals surface area contributed by atoms with Crippen molar-refractivity contribution in [1.29, 1.82) is 0 Å². The molecule has 2 aromatic rings. The molecule has 1 aliphatic heterocycles. The van der Waals surface area contributed by atoms with Crippen LogP contribution in [0, 0.1) is 0 Å². The fraction of sp³-hybridized carbons (Fsp3) is 0.536. The van der Waals surface area contributed by atoms with E-state index in [1.54, 1.807) is 35.4 Å². The van der Waals surface area contributed by atoms with E-state index in [-0.39, 0.29) is 23.8 Å². The van der Waals surface area contributed by atoms with Crippen LogP contribution in [0.5, 0.6) is 5.75 Å². The third-order valence-electron chi connectivity index (χ3n) is 6.80. The molecule has 3 N–H and O–H groups in total. The maximum atomic E-state index is 13.0. The van der Waals surface area contributed by atoms with E-state index in [2.05, 4.69) is 15.6 Å². The van der Waals surface area contributed by atoms with Gasteiger partial charge in [0.05, 0.1) is 0 Å². The van der Waals surface area contributed by atoms with Gasteiger partial charge in [0.15, 0.2) is 0 Å². The van der Waals surface area contributed by atoms with Crippen molar-refractivity contribution in [3.05, 3.63) is 53.2 Å². The van der Waals surface area contributed by atoms with Crippen LogP contribution >= 0.6 is 0 Å². The zero-order valence-corrected chi connectivity index (χ0v) is 21.5. The maximum absolute atomic E-state index is 13.0. The van der Waals surface area contributed by atoms with Gasteiger partial charge < -0.3 is 25.4 Å². The Morgan fingerprint density at radius 1 is 1.11 bits per heavy atom. The van der Waals surface area contributed by atoms with Gasteiger partial charge in [-0.1, -0.05) is 25.3 Å². The average Bonchev–Trinajstić information content (AvgIpc) is 2.83. The normalized spacial score (nSPS) is 18.3. The first-order chi connectivity index (χ1) is 17.2. The molecule has 1 aliphatic carbocycles. The van der Waals surface area contributed by atoms with E-state index in [9.17, 15) is 14.7 Å². The molecule has 1 aromatic carbocycles. The highest BCUT2D eigenvalue weighted by atomic mass is 16.6. The van der Waals surface area contributed by atoms with E-state index >= 15 is 0 Å². The summed E-state index contributed by atoms with van der Waals surface area (Å²) in [5.74, 6) is 0.755. The molecule has 0 unspecified atom stereocenters. The van der Waals surface area contributed by atoms with Gasteiger partial charge in [0, 0.05) is 36.9 Å². The van der Waals surface area contributed by atoms with E-state index in [1.165, 1.54) is 19.3 Å². The zero-order valence-electron chi connectivity index (χ0n) is 21.5. The van der Waals surface area contributed by atoms with E-state index in [0.717, 1.165) is 29.8 Å². The Balaban J connectivity index is 1.38. The number of rotatable bonds is 6. The standard InChI is InChI=1S/C28H38N4O4/c1-28(2,3)36-27(35)32-18-21-16-24(33)10-9-19(21)15-23(32)12-14-30-26(34)20-11-13-29-25(17-20)31-22-7-5-4-6-8-22/h9-11,13,16-17,22-23,33H,4-8,12,14-15,18H2,1-3H3,(H,29,31)(H,30,34)/t23-/m1/s1. The van der Waals surface area contributed by atoms with Crippen LogP contribution < -0.4 is 10.6 Å². The molecule has 0 bridgehead atoms. The molecule has 8 nitrogen and oxygen atoms in total. The summed E-state index contributed by atoms with van der Waals surface area (Å²) < 4.78 is 5.65. The van der Waals surface area contributed by atoms with Crippen LogP contribution in [0.1, 0.15) is 80.8 Å². The summed E-state index contributed by atoms with van der Waals surface area (Å²) in [5, 5.41) is 16.4. The van der Waals surface area contributed by atoms with Gasteiger partial charge in [-0.25, -0.2) is 9.78 Å². The second kappa shape index (κ2) is 11.2. The Bertz CT molecular complexity index is 1080. The first kappa shape index (κ1) is 25.8. The van der Waals surface area contributed by atoms with Crippen LogP contribution in [0.4, 0.5) is 10.6 Å². The molecule has 4 rings (SSSR count). The van der Waals surface area contributed by atoms with E-state index in [0.29, 0.717) is 37.5 Å². The summed E-state index contributed by atoms with van der Waals surface area (Å²) in [6, 6.07) is 9.09. The third-order valence-corrected chi connectivity index (χ3v) is 6.80. The number of nitrogens with zero attached hydrogens (tertiary/aromatic N) is 2. The number of aromatic nitrogens is 1. The van der Waals surface area contributed by atoms with Gasteiger partial charge in [0.25, 0.3) is 5.91 Å². The molecule has 36 heavy (non-hydrogen) atoms. The second-order valence-corrected chi connectivity index (χ2v) is 10.9. The number of amides is 2. The third kappa shape index (κ3) is 6.89. The van der Waals surface area contributed by atoms with Gasteiger partial charge in [-0.15, -0.1) is 0 Å². The van der Waals surface area contributed by atoms with E-state index in [4.69, 9.17) is 4.74 Å². The highest BCUT2D eigenvalue weighted by molar-refractivity contribution is 5.94. The van der Waals surface area contributed by atoms with E-state index < -0.39 is 5.60 Å². The monoisotopic (exact) mass is 494 g/mol. The molecule has 194 valence electrons. The lowest BCUT2D eigenvalue weighted by molar-refractivity contribution is 0.0111. The number of hydrogen-bond acceptors (Lipinski definition) is 6. The molecule has 8 heteroatoms. The molecule has 2 aliphatic rings. The predicted octanol–water partition coefficient (Wildman–Crippen LogP) is 5.01. The Morgan fingerprint density at radius 2 is 1.89 bits per heavy atom. The fourth-order valence-corrected chi connectivity index (χ4v) is 4.99.